The molecule has 172 valence electrons. The van der Waals surface area contributed by atoms with Crippen molar-refractivity contribution in [1.82, 2.24) is 0 Å². The van der Waals surface area contributed by atoms with Gasteiger partial charge in [0, 0.05) is 12.8 Å². The fourth-order valence-electron chi connectivity index (χ4n) is 6.84. The van der Waals surface area contributed by atoms with Gasteiger partial charge in [0.25, 0.3) is 0 Å². The summed E-state index contributed by atoms with van der Waals surface area (Å²) in [5, 5.41) is 0. The lowest BCUT2D eigenvalue weighted by Gasteiger charge is -2.28. The normalized spacial score (nSPS) is 19.4. The third kappa shape index (κ3) is 5.36. The van der Waals surface area contributed by atoms with Crippen molar-refractivity contribution in [3.8, 4) is 0 Å². The maximum absolute atomic E-state index is 13.7. The van der Waals surface area contributed by atoms with Crippen LogP contribution in [0.4, 0.5) is 0 Å². The van der Waals surface area contributed by atoms with Gasteiger partial charge in [0.05, 0.1) is 0 Å². The van der Waals surface area contributed by atoms with E-state index in [2.05, 4.69) is 64.1 Å². The van der Waals surface area contributed by atoms with Crippen molar-refractivity contribution in [1.29, 1.82) is 0 Å². The second kappa shape index (κ2) is 10.4. The molecule has 0 amide bonds. The summed E-state index contributed by atoms with van der Waals surface area (Å²) in [5.41, 5.74) is 8.24. The highest BCUT2D eigenvalue weighted by Gasteiger charge is 2.33. The molecule has 2 aliphatic rings. The zero-order chi connectivity index (χ0) is 22.7. The number of hydrogen-bond donors (Lipinski definition) is 0. The van der Waals surface area contributed by atoms with E-state index in [1.54, 1.807) is 0 Å². The van der Waals surface area contributed by atoms with E-state index >= 15 is 0 Å². The Morgan fingerprint density at radius 3 is 1.41 bits per heavy atom. The van der Waals surface area contributed by atoms with Crippen molar-refractivity contribution in [2.45, 2.75) is 104 Å². The summed E-state index contributed by atoms with van der Waals surface area (Å²) in [7, 11) is 0. The highest BCUT2D eigenvalue weighted by molar-refractivity contribution is 5.80. The predicted molar refractivity (Wildman–Crippen MR) is 135 cm³/mol. The molecule has 2 saturated carbocycles. The molecule has 0 heterocycles. The fraction of sp³-hybridized carbons (Fsp3) is 0.581. The van der Waals surface area contributed by atoms with E-state index in [0.717, 1.165) is 12.8 Å². The minimum Gasteiger partial charge on any atom is -0.300 e. The van der Waals surface area contributed by atoms with Crippen molar-refractivity contribution in [2.75, 3.05) is 0 Å². The molecule has 0 unspecified atom stereocenters. The van der Waals surface area contributed by atoms with E-state index in [1.807, 2.05) is 0 Å². The number of benzene rings is 2. The third-order valence-corrected chi connectivity index (χ3v) is 8.48. The quantitative estimate of drug-likeness (QED) is 0.410. The van der Waals surface area contributed by atoms with Gasteiger partial charge in [0.1, 0.15) is 5.78 Å². The zero-order valence-corrected chi connectivity index (χ0v) is 20.8. The Labute approximate surface area is 196 Å². The Kier molecular flexibility index (Phi) is 7.54. The van der Waals surface area contributed by atoms with Crippen LogP contribution in [0.1, 0.15) is 109 Å². The lowest BCUT2D eigenvalue weighted by molar-refractivity contribution is -0.120. The van der Waals surface area contributed by atoms with Crippen molar-refractivity contribution in [2.24, 2.45) is 11.8 Å². The van der Waals surface area contributed by atoms with Crippen molar-refractivity contribution in [3.63, 3.8) is 0 Å². The van der Waals surface area contributed by atoms with Crippen LogP contribution in [0.5, 0.6) is 0 Å². The average molecular weight is 431 g/mol. The SMILES string of the molecule is Cc1ccc([C@H](CC(=O)C[C@@H](c2ccc(C)cc2C)C2CCCC2)C2CCCC2)c(C)c1. The maximum Gasteiger partial charge on any atom is 0.134 e. The van der Waals surface area contributed by atoms with Gasteiger partial charge in [-0.15, -0.1) is 0 Å². The Balaban J connectivity index is 1.57. The molecule has 2 fully saturated rings. The number of rotatable bonds is 8. The molecule has 2 aliphatic carbocycles. The van der Waals surface area contributed by atoms with Crippen LogP contribution in [0.25, 0.3) is 0 Å². The van der Waals surface area contributed by atoms with Crippen LogP contribution in [0.15, 0.2) is 36.4 Å². The number of carbonyl (C=O) groups excluding carboxylic acids is 1. The van der Waals surface area contributed by atoms with E-state index < -0.39 is 0 Å². The first kappa shape index (κ1) is 23.3. The van der Waals surface area contributed by atoms with Gasteiger partial charge in [-0.3, -0.25) is 4.79 Å². The third-order valence-electron chi connectivity index (χ3n) is 8.48. The van der Waals surface area contributed by atoms with Crippen LogP contribution >= 0.6 is 0 Å². The Morgan fingerprint density at radius 2 is 1.06 bits per heavy atom. The number of aryl methyl sites for hydroxylation is 4. The molecule has 2 aromatic carbocycles. The smallest absolute Gasteiger partial charge is 0.134 e. The zero-order valence-electron chi connectivity index (χ0n) is 20.8. The first-order valence-electron chi connectivity index (χ1n) is 13.1. The summed E-state index contributed by atoms with van der Waals surface area (Å²) in [6.07, 6.45) is 11.9. The van der Waals surface area contributed by atoms with Crippen molar-refractivity contribution < 1.29 is 4.79 Å². The minimum atomic E-state index is 0.397. The molecule has 0 saturated heterocycles. The molecule has 0 bridgehead atoms. The monoisotopic (exact) mass is 430 g/mol. The Hall–Kier alpha value is -1.89. The summed E-state index contributed by atoms with van der Waals surface area (Å²) in [6.45, 7) is 8.82. The second-order valence-electron chi connectivity index (χ2n) is 11.0. The van der Waals surface area contributed by atoms with Crippen LogP contribution in [-0.2, 0) is 4.79 Å². The summed E-state index contributed by atoms with van der Waals surface area (Å²) in [6, 6.07) is 13.7. The molecule has 1 nitrogen and oxygen atoms in total. The molecule has 2 atom stereocenters. The van der Waals surface area contributed by atoms with Gasteiger partial charge in [-0.25, -0.2) is 0 Å². The Bertz CT molecular complexity index is 852. The Morgan fingerprint density at radius 1 is 0.688 bits per heavy atom. The highest BCUT2D eigenvalue weighted by Crippen LogP contribution is 2.44. The van der Waals surface area contributed by atoms with Crippen LogP contribution in [0.2, 0.25) is 0 Å². The molecule has 0 spiro atoms. The molecule has 1 heteroatoms. The summed E-state index contributed by atoms with van der Waals surface area (Å²) in [5.74, 6) is 2.62. The first-order chi connectivity index (χ1) is 15.4. The van der Waals surface area contributed by atoms with Crippen LogP contribution in [0, 0.1) is 39.5 Å². The second-order valence-corrected chi connectivity index (χ2v) is 11.0. The van der Waals surface area contributed by atoms with E-state index in [4.69, 9.17) is 0 Å². The number of carbonyl (C=O) groups is 1. The molecule has 0 aromatic heterocycles. The van der Waals surface area contributed by atoms with E-state index in [-0.39, 0.29) is 0 Å². The first-order valence-corrected chi connectivity index (χ1v) is 13.1. The van der Waals surface area contributed by atoms with Gasteiger partial charge < -0.3 is 0 Å². The van der Waals surface area contributed by atoms with E-state index in [9.17, 15) is 4.79 Å². The fourth-order valence-corrected chi connectivity index (χ4v) is 6.84. The molecule has 0 radical (unpaired) electrons. The molecular weight excluding hydrogens is 388 g/mol. The number of ketones is 1. The van der Waals surface area contributed by atoms with Gasteiger partial charge >= 0.3 is 0 Å². The molecule has 32 heavy (non-hydrogen) atoms. The maximum atomic E-state index is 13.7. The van der Waals surface area contributed by atoms with Gasteiger partial charge in [-0.1, -0.05) is 73.2 Å². The highest BCUT2D eigenvalue weighted by atomic mass is 16.1. The van der Waals surface area contributed by atoms with E-state index in [1.165, 1.54) is 84.7 Å². The standard InChI is InChI=1S/C31H42O/c1-21-13-15-28(23(3)17-21)30(25-9-5-6-10-25)19-27(32)20-31(26-11-7-8-12-26)29-16-14-22(2)18-24(29)4/h13-18,25-26,30-31H,5-12,19-20H2,1-4H3/t30-,31-/m1/s1. The van der Waals surface area contributed by atoms with Gasteiger partial charge in [0.15, 0.2) is 0 Å². The molecule has 0 N–H and O–H groups in total. The lowest BCUT2D eigenvalue weighted by atomic mass is 9.75. The number of hydrogen-bond acceptors (Lipinski definition) is 1. The van der Waals surface area contributed by atoms with Crippen LogP contribution in [-0.4, -0.2) is 5.78 Å². The van der Waals surface area contributed by atoms with Crippen LogP contribution < -0.4 is 0 Å². The van der Waals surface area contributed by atoms with E-state index in [0.29, 0.717) is 29.5 Å². The minimum absolute atomic E-state index is 0.397. The largest absolute Gasteiger partial charge is 0.300 e. The molecular formula is C31H42O. The molecule has 4 rings (SSSR count). The van der Waals surface area contributed by atoms with Crippen molar-refractivity contribution >= 4 is 5.78 Å². The van der Waals surface area contributed by atoms with Crippen molar-refractivity contribution in [3.05, 3.63) is 69.8 Å². The number of Topliss-reactive ketones (excluding diaryl/α,β-unsaturated/α-hetero) is 1. The van der Waals surface area contributed by atoms with Gasteiger partial charge in [-0.05, 0) is 99.3 Å². The topological polar surface area (TPSA) is 17.1 Å². The van der Waals surface area contributed by atoms with Gasteiger partial charge in [0.2, 0.25) is 0 Å². The summed E-state index contributed by atoms with van der Waals surface area (Å²) < 4.78 is 0. The lowest BCUT2D eigenvalue weighted by Crippen LogP contribution is -2.20. The van der Waals surface area contributed by atoms with Crippen LogP contribution in [0.3, 0.4) is 0 Å². The molecule has 0 aliphatic heterocycles. The summed E-state index contributed by atoms with van der Waals surface area (Å²) >= 11 is 0. The summed E-state index contributed by atoms with van der Waals surface area (Å²) in [4.78, 5) is 13.7. The molecule has 2 aromatic rings. The van der Waals surface area contributed by atoms with Gasteiger partial charge in [-0.2, -0.15) is 0 Å². The predicted octanol–water partition coefficient (Wildman–Crippen LogP) is 8.52. The average Bonchev–Trinajstić information content (AvgIpc) is 3.45.